The Kier molecular flexibility index (Phi) is 5.43. The molecule has 0 spiro atoms. The van der Waals surface area contributed by atoms with Gasteiger partial charge >= 0.3 is 0 Å². The van der Waals surface area contributed by atoms with Crippen molar-refractivity contribution in [2.24, 2.45) is 17.3 Å². The predicted octanol–water partition coefficient (Wildman–Crippen LogP) is 6.58. The van der Waals surface area contributed by atoms with Crippen molar-refractivity contribution in [3.63, 3.8) is 0 Å². The molecule has 3 aromatic rings. The van der Waals surface area contributed by atoms with Gasteiger partial charge in [0.2, 0.25) is 5.91 Å². The first-order chi connectivity index (χ1) is 17.0. The number of carbonyl (C=O) groups excluding carboxylic acids is 1. The maximum atomic E-state index is 15.3. The molecule has 4 atom stereocenters. The standard InChI is InChI=1S/C31H32FNO2/c1-35-25-12-13-26(27(32)15-25)30-16-21-14-22(17-30)19-31(18-21,20-30)29(34)33-28(23-8-4-2-5-9-23)24-10-6-3-7-11-24/h2-13,15,21-22,28H,14,16-20H2,1H3,(H,33,34)/t21-,22+,30?,31?. The van der Waals surface area contributed by atoms with E-state index in [0.717, 1.165) is 55.2 Å². The summed E-state index contributed by atoms with van der Waals surface area (Å²) in [7, 11) is 1.56. The average molecular weight is 470 g/mol. The van der Waals surface area contributed by atoms with Gasteiger partial charge in [0.1, 0.15) is 11.6 Å². The van der Waals surface area contributed by atoms with Crippen molar-refractivity contribution in [2.45, 2.75) is 50.0 Å². The fourth-order valence-electron chi connectivity index (χ4n) is 7.83. The first-order valence-corrected chi connectivity index (χ1v) is 12.8. The Hall–Kier alpha value is -3.14. The molecule has 0 radical (unpaired) electrons. The Balaban J connectivity index is 1.35. The molecule has 4 saturated carbocycles. The van der Waals surface area contributed by atoms with Crippen molar-refractivity contribution in [1.82, 2.24) is 5.32 Å². The van der Waals surface area contributed by atoms with Crippen LogP contribution in [-0.2, 0) is 10.2 Å². The summed E-state index contributed by atoms with van der Waals surface area (Å²) in [6.07, 6.45) is 5.65. The second kappa shape index (κ2) is 8.51. The number of benzene rings is 3. The van der Waals surface area contributed by atoms with Crippen molar-refractivity contribution in [3.05, 3.63) is 101 Å². The minimum Gasteiger partial charge on any atom is -0.497 e. The van der Waals surface area contributed by atoms with Gasteiger partial charge in [-0.1, -0.05) is 66.7 Å². The molecule has 1 N–H and O–H groups in total. The van der Waals surface area contributed by atoms with Crippen molar-refractivity contribution in [2.75, 3.05) is 7.11 Å². The lowest BCUT2D eigenvalue weighted by Crippen LogP contribution is -2.59. The highest BCUT2D eigenvalue weighted by molar-refractivity contribution is 5.84. The largest absolute Gasteiger partial charge is 0.497 e. The Morgan fingerprint density at radius 3 is 2.06 bits per heavy atom. The third-order valence-corrected chi connectivity index (χ3v) is 8.83. The van der Waals surface area contributed by atoms with E-state index < -0.39 is 5.41 Å². The smallest absolute Gasteiger partial charge is 0.227 e. The first-order valence-electron chi connectivity index (χ1n) is 12.8. The van der Waals surface area contributed by atoms with Crippen LogP contribution in [0.2, 0.25) is 0 Å². The zero-order valence-electron chi connectivity index (χ0n) is 20.2. The van der Waals surface area contributed by atoms with E-state index in [4.69, 9.17) is 4.74 Å². The van der Waals surface area contributed by atoms with Crippen molar-refractivity contribution in [1.29, 1.82) is 0 Å². The third-order valence-electron chi connectivity index (χ3n) is 8.83. The van der Waals surface area contributed by atoms with Gasteiger partial charge in [-0.25, -0.2) is 4.39 Å². The molecule has 180 valence electrons. The quantitative estimate of drug-likeness (QED) is 0.443. The zero-order chi connectivity index (χ0) is 24.0. The third kappa shape index (κ3) is 3.84. The number of hydrogen-bond acceptors (Lipinski definition) is 2. The van der Waals surface area contributed by atoms with Gasteiger partial charge in [0.05, 0.1) is 18.6 Å². The number of rotatable bonds is 6. The number of halogens is 1. The van der Waals surface area contributed by atoms with Crippen LogP contribution in [0.15, 0.2) is 78.9 Å². The Morgan fingerprint density at radius 1 is 0.914 bits per heavy atom. The maximum absolute atomic E-state index is 15.3. The number of amides is 1. The van der Waals surface area contributed by atoms with Crippen LogP contribution in [0.1, 0.15) is 61.3 Å². The van der Waals surface area contributed by atoms with Crippen LogP contribution in [-0.4, -0.2) is 13.0 Å². The first kappa shape index (κ1) is 22.3. The van der Waals surface area contributed by atoms with Gasteiger partial charge in [-0.05, 0) is 78.5 Å². The van der Waals surface area contributed by atoms with Crippen LogP contribution in [0.25, 0.3) is 0 Å². The van der Waals surface area contributed by atoms with E-state index in [1.807, 2.05) is 48.5 Å². The molecule has 4 heteroatoms. The van der Waals surface area contributed by atoms with Crippen molar-refractivity contribution < 1.29 is 13.9 Å². The highest BCUT2D eigenvalue weighted by Gasteiger charge is 2.61. The Morgan fingerprint density at radius 2 is 1.51 bits per heavy atom. The summed E-state index contributed by atoms with van der Waals surface area (Å²) in [5.74, 6) is 1.40. The average Bonchev–Trinajstić information content (AvgIpc) is 2.87. The fourth-order valence-corrected chi connectivity index (χ4v) is 7.83. The van der Waals surface area contributed by atoms with Gasteiger partial charge in [-0.15, -0.1) is 0 Å². The number of carbonyl (C=O) groups is 1. The van der Waals surface area contributed by atoms with Gasteiger partial charge in [-0.3, -0.25) is 4.79 Å². The summed E-state index contributed by atoms with van der Waals surface area (Å²) in [6, 6.07) is 25.4. The molecular weight excluding hydrogens is 437 g/mol. The molecule has 4 aliphatic carbocycles. The summed E-state index contributed by atoms with van der Waals surface area (Å²) in [5, 5.41) is 3.46. The molecule has 4 fully saturated rings. The molecule has 3 nitrogen and oxygen atoms in total. The predicted molar refractivity (Wildman–Crippen MR) is 135 cm³/mol. The summed E-state index contributed by atoms with van der Waals surface area (Å²) >= 11 is 0. The molecule has 0 aliphatic heterocycles. The zero-order valence-corrected chi connectivity index (χ0v) is 20.2. The molecule has 35 heavy (non-hydrogen) atoms. The fraction of sp³-hybridized carbons (Fsp3) is 0.387. The van der Waals surface area contributed by atoms with E-state index in [1.165, 1.54) is 6.07 Å². The van der Waals surface area contributed by atoms with Crippen LogP contribution in [0, 0.1) is 23.1 Å². The van der Waals surface area contributed by atoms with E-state index in [1.54, 1.807) is 7.11 Å². The number of hydrogen-bond donors (Lipinski definition) is 1. The number of nitrogens with one attached hydrogen (secondary N) is 1. The molecule has 4 aliphatic rings. The van der Waals surface area contributed by atoms with Gasteiger partial charge < -0.3 is 10.1 Å². The molecule has 3 aromatic carbocycles. The number of ether oxygens (including phenoxy) is 1. The summed E-state index contributed by atoms with van der Waals surface area (Å²) in [6.45, 7) is 0. The lowest BCUT2D eigenvalue weighted by Gasteiger charge is -2.61. The van der Waals surface area contributed by atoms with Gasteiger partial charge in [0.15, 0.2) is 0 Å². The highest BCUT2D eigenvalue weighted by Crippen LogP contribution is 2.66. The minimum atomic E-state index is -0.446. The van der Waals surface area contributed by atoms with Crippen LogP contribution < -0.4 is 10.1 Å². The van der Waals surface area contributed by atoms with E-state index in [9.17, 15) is 4.79 Å². The minimum absolute atomic E-state index is 0.127. The molecule has 2 unspecified atom stereocenters. The van der Waals surface area contributed by atoms with E-state index in [2.05, 4.69) is 29.6 Å². The molecule has 0 heterocycles. The van der Waals surface area contributed by atoms with Crippen LogP contribution in [0.4, 0.5) is 4.39 Å². The second-order valence-electron chi connectivity index (χ2n) is 11.1. The van der Waals surface area contributed by atoms with Crippen LogP contribution in [0.5, 0.6) is 5.75 Å². The second-order valence-corrected chi connectivity index (χ2v) is 11.1. The monoisotopic (exact) mass is 469 g/mol. The van der Waals surface area contributed by atoms with Crippen LogP contribution in [0.3, 0.4) is 0 Å². The molecule has 4 bridgehead atoms. The number of methoxy groups -OCH3 is 1. The maximum Gasteiger partial charge on any atom is 0.227 e. The lowest BCUT2D eigenvalue weighted by atomic mass is 9.42. The van der Waals surface area contributed by atoms with Gasteiger partial charge in [0, 0.05) is 6.07 Å². The molecular formula is C31H32FNO2. The normalized spacial score (nSPS) is 28.8. The van der Waals surface area contributed by atoms with Crippen molar-refractivity contribution >= 4 is 5.91 Å². The van der Waals surface area contributed by atoms with E-state index >= 15 is 4.39 Å². The van der Waals surface area contributed by atoms with Crippen LogP contribution >= 0.6 is 0 Å². The Bertz CT molecular complexity index is 1170. The SMILES string of the molecule is COc1ccc(C23C[C@@H]4C[C@@H](CC(C(=O)NC(c5ccccc5)c5ccccc5)(C4)C2)C3)c(F)c1. The molecule has 7 rings (SSSR count). The topological polar surface area (TPSA) is 38.3 Å². The van der Waals surface area contributed by atoms with E-state index in [-0.39, 0.29) is 23.2 Å². The molecule has 0 saturated heterocycles. The molecule has 0 aromatic heterocycles. The van der Waals surface area contributed by atoms with Crippen molar-refractivity contribution in [3.8, 4) is 5.75 Å². The van der Waals surface area contributed by atoms with E-state index in [0.29, 0.717) is 17.6 Å². The molecule has 1 amide bonds. The Labute approximate surface area is 206 Å². The summed E-state index contributed by atoms with van der Waals surface area (Å²) < 4.78 is 20.6. The summed E-state index contributed by atoms with van der Waals surface area (Å²) in [5.41, 5.74) is 2.21. The highest BCUT2D eigenvalue weighted by atomic mass is 19.1. The van der Waals surface area contributed by atoms with Gasteiger partial charge in [0.25, 0.3) is 0 Å². The van der Waals surface area contributed by atoms with Gasteiger partial charge in [-0.2, -0.15) is 0 Å². The lowest BCUT2D eigenvalue weighted by molar-refractivity contribution is -0.149. The summed E-state index contributed by atoms with van der Waals surface area (Å²) in [4.78, 5) is 14.2.